The van der Waals surface area contributed by atoms with Gasteiger partial charge in [-0.3, -0.25) is 9.59 Å². The first-order chi connectivity index (χ1) is 30.6. The van der Waals surface area contributed by atoms with E-state index in [2.05, 4.69) is 6.92 Å². The van der Waals surface area contributed by atoms with Crippen molar-refractivity contribution < 1.29 is 81.1 Å². The van der Waals surface area contributed by atoms with Crippen LogP contribution in [0.5, 0.6) is 0 Å². The highest BCUT2D eigenvalue weighted by atomic mass is 16.6. The zero-order chi connectivity index (χ0) is 44.9. The molecule has 0 atom stereocenters. The number of hydrogen-bond acceptors (Lipinski definition) is 16. The first kappa shape index (κ1) is 60.1. The van der Waals surface area contributed by atoms with Crippen LogP contribution in [0.2, 0.25) is 0 Å². The van der Waals surface area contributed by atoms with Crippen molar-refractivity contribution in [3.63, 3.8) is 0 Å². The molecule has 0 aromatic carbocycles. The number of rotatable bonds is 55. The molecule has 0 aliphatic heterocycles. The van der Waals surface area contributed by atoms with Crippen LogP contribution in [0, 0.1) is 0 Å². The van der Waals surface area contributed by atoms with E-state index in [1.165, 1.54) is 83.5 Å². The number of carboxylic acids is 1. The highest BCUT2D eigenvalue weighted by Crippen LogP contribution is 2.13. The molecule has 0 rings (SSSR count). The molecule has 62 heavy (non-hydrogen) atoms. The van der Waals surface area contributed by atoms with Crippen LogP contribution in [0.4, 0.5) is 0 Å². The highest BCUT2D eigenvalue weighted by molar-refractivity contribution is 6.32. The third-order valence-electron chi connectivity index (χ3n) is 9.02. The lowest BCUT2D eigenvalue weighted by molar-refractivity contribution is -0.151. The summed E-state index contributed by atoms with van der Waals surface area (Å²) in [6.45, 7) is 13.9. The lowest BCUT2D eigenvalue weighted by Crippen LogP contribution is -2.17. The zero-order valence-corrected chi connectivity index (χ0v) is 38.5. The maximum Gasteiger partial charge on any atom is 0.372 e. The molecule has 368 valence electrons. The molecule has 0 amide bonds. The van der Waals surface area contributed by atoms with Gasteiger partial charge in [-0.15, -0.1) is 0 Å². The van der Waals surface area contributed by atoms with Gasteiger partial charge in [-0.2, -0.15) is 0 Å². The minimum Gasteiger partial charge on any atom is -0.476 e. The van der Waals surface area contributed by atoms with Crippen LogP contribution in [-0.4, -0.2) is 188 Å². The average Bonchev–Trinajstić information content (AvgIpc) is 3.27. The number of unbranched alkanes of at least 4 members (excludes halogenated alkanes) is 13. The van der Waals surface area contributed by atoms with Gasteiger partial charge in [0.05, 0.1) is 158 Å². The molecule has 0 saturated heterocycles. The van der Waals surface area contributed by atoms with Crippen molar-refractivity contribution in [1.29, 1.82) is 0 Å². The number of carbonyl (C=O) groups is 3. The van der Waals surface area contributed by atoms with Crippen molar-refractivity contribution in [3.8, 4) is 0 Å². The molecule has 0 bridgehead atoms. The first-order valence-corrected chi connectivity index (χ1v) is 23.4. The Bertz CT molecular complexity index is 929. The summed E-state index contributed by atoms with van der Waals surface area (Å²) in [4.78, 5) is 32.7. The topological polar surface area (TPSA) is 191 Å². The van der Waals surface area contributed by atoms with Gasteiger partial charge in [0.15, 0.2) is 0 Å². The van der Waals surface area contributed by atoms with Gasteiger partial charge in [0, 0.05) is 13.0 Å². The minimum atomic E-state index is -1.56. The van der Waals surface area contributed by atoms with Crippen molar-refractivity contribution in [2.75, 3.05) is 165 Å². The number of ether oxygens (including phenoxy) is 13. The van der Waals surface area contributed by atoms with Gasteiger partial charge < -0.3 is 66.7 Å². The smallest absolute Gasteiger partial charge is 0.372 e. The predicted octanol–water partition coefficient (Wildman–Crippen LogP) is 5.64. The minimum absolute atomic E-state index is 0.0132. The van der Waals surface area contributed by atoms with Crippen LogP contribution < -0.4 is 0 Å². The molecule has 0 aromatic heterocycles. The maximum absolute atomic E-state index is 11.4. The van der Waals surface area contributed by atoms with Crippen LogP contribution >= 0.6 is 0 Å². The molecule has 0 aliphatic rings. The second kappa shape index (κ2) is 53.5. The molecule has 0 fully saturated rings. The summed E-state index contributed by atoms with van der Waals surface area (Å²) < 4.78 is 70.7. The van der Waals surface area contributed by atoms with Gasteiger partial charge in [0.1, 0.15) is 6.61 Å². The number of ketones is 1. The molecule has 17 heteroatoms. The molecule has 0 unspecified atom stereocenters. The normalized spacial score (nSPS) is 11.4. The molecule has 0 aliphatic carbocycles. The summed E-state index contributed by atoms with van der Waals surface area (Å²) in [6.07, 6.45) is 18.5. The van der Waals surface area contributed by atoms with Crippen LogP contribution in [0.3, 0.4) is 0 Å². The molecule has 0 saturated carbocycles. The predicted molar refractivity (Wildman–Crippen MR) is 233 cm³/mol. The molecule has 0 spiro atoms. The summed E-state index contributed by atoms with van der Waals surface area (Å²) in [5, 5.41) is 8.46. The van der Waals surface area contributed by atoms with Gasteiger partial charge in [0.2, 0.25) is 5.78 Å². The highest BCUT2D eigenvalue weighted by Gasteiger charge is 2.14. The molecule has 0 heterocycles. The summed E-state index contributed by atoms with van der Waals surface area (Å²) in [5.41, 5.74) is 0. The van der Waals surface area contributed by atoms with Crippen molar-refractivity contribution in [2.24, 2.45) is 0 Å². The average molecular weight is 899 g/mol. The van der Waals surface area contributed by atoms with E-state index in [1.807, 2.05) is 0 Å². The fourth-order valence-electron chi connectivity index (χ4n) is 5.53. The number of esters is 1. The van der Waals surface area contributed by atoms with Crippen LogP contribution in [0.15, 0.2) is 0 Å². The summed E-state index contributed by atoms with van der Waals surface area (Å²) in [6, 6.07) is 0. The summed E-state index contributed by atoms with van der Waals surface area (Å²) in [5.74, 6) is -3.24. The van der Waals surface area contributed by atoms with E-state index in [4.69, 9.17) is 66.7 Å². The summed E-state index contributed by atoms with van der Waals surface area (Å²) in [7, 11) is 0. The Morgan fingerprint density at radius 1 is 0.290 bits per heavy atom. The Morgan fingerprint density at radius 2 is 0.516 bits per heavy atom. The number of aliphatic carboxylic acids is 1. The van der Waals surface area contributed by atoms with E-state index in [-0.39, 0.29) is 26.1 Å². The number of carboxylic acid groups (broad SMARTS) is 1. The van der Waals surface area contributed by atoms with Gasteiger partial charge in [0.25, 0.3) is 0 Å². The van der Waals surface area contributed by atoms with E-state index in [9.17, 15) is 14.4 Å². The Labute approximate surface area is 373 Å². The van der Waals surface area contributed by atoms with E-state index in [0.717, 1.165) is 13.0 Å². The van der Waals surface area contributed by atoms with Crippen LogP contribution in [0.25, 0.3) is 0 Å². The Kier molecular flexibility index (Phi) is 51.9. The number of hydrogen-bond donors (Lipinski definition) is 1. The molecule has 0 radical (unpaired) electrons. The number of Topliss-reactive ketones (excluding diaryl/α,β-unsaturated/α-hetero) is 1. The van der Waals surface area contributed by atoms with Gasteiger partial charge in [-0.25, -0.2) is 4.79 Å². The quantitative estimate of drug-likeness (QED) is 0.0448. The third kappa shape index (κ3) is 52.5. The first-order valence-electron chi connectivity index (χ1n) is 23.4. The molecule has 17 nitrogen and oxygen atoms in total. The molecule has 0 aromatic rings. The second-order valence-electron chi connectivity index (χ2n) is 14.4. The Balaban J connectivity index is 3.10. The standard InChI is InChI=1S/C45H86O17/c1-2-3-4-5-6-7-8-9-10-11-12-13-14-15-18-50-19-20-51-21-22-52-23-24-53-25-26-54-27-28-55-29-30-56-31-32-57-33-34-58-35-36-59-37-38-60-39-40-61-41-42-62-44(47)17-16-43(46)45(48)49/h2-42H2,1H3,(H,48,49). The van der Waals surface area contributed by atoms with Crippen LogP contribution in [-0.2, 0) is 76.0 Å². The molecule has 1 N–H and O–H groups in total. The van der Waals surface area contributed by atoms with E-state index in [0.29, 0.717) is 145 Å². The van der Waals surface area contributed by atoms with E-state index >= 15 is 0 Å². The van der Waals surface area contributed by atoms with E-state index in [1.54, 1.807) is 0 Å². The Morgan fingerprint density at radius 3 is 0.774 bits per heavy atom. The van der Waals surface area contributed by atoms with Crippen molar-refractivity contribution in [3.05, 3.63) is 0 Å². The second-order valence-corrected chi connectivity index (χ2v) is 14.4. The van der Waals surface area contributed by atoms with Crippen molar-refractivity contribution >= 4 is 17.7 Å². The Hall–Kier alpha value is -1.87. The van der Waals surface area contributed by atoms with Crippen molar-refractivity contribution in [1.82, 2.24) is 0 Å². The van der Waals surface area contributed by atoms with E-state index < -0.39 is 17.7 Å². The monoisotopic (exact) mass is 899 g/mol. The lowest BCUT2D eigenvalue weighted by Gasteiger charge is -2.09. The largest absolute Gasteiger partial charge is 0.476 e. The van der Waals surface area contributed by atoms with Crippen molar-refractivity contribution in [2.45, 2.75) is 110 Å². The third-order valence-corrected chi connectivity index (χ3v) is 9.02. The molecular weight excluding hydrogens is 812 g/mol. The lowest BCUT2D eigenvalue weighted by atomic mass is 10.0. The van der Waals surface area contributed by atoms with Gasteiger partial charge in [-0.05, 0) is 6.42 Å². The number of carbonyl (C=O) groups excluding carboxylic acids is 2. The zero-order valence-electron chi connectivity index (χ0n) is 38.5. The van der Waals surface area contributed by atoms with Gasteiger partial charge in [-0.1, -0.05) is 90.4 Å². The van der Waals surface area contributed by atoms with Gasteiger partial charge >= 0.3 is 11.9 Å². The fraction of sp³-hybridized carbons (Fsp3) is 0.933. The van der Waals surface area contributed by atoms with Crippen LogP contribution in [0.1, 0.15) is 110 Å². The summed E-state index contributed by atoms with van der Waals surface area (Å²) >= 11 is 0. The molecular formula is C45H86O17. The maximum atomic E-state index is 11.4. The fourth-order valence-corrected chi connectivity index (χ4v) is 5.53. The SMILES string of the molecule is CCCCCCCCCCCCCCCCOCCOCCOCCOCCOCCOCCOCCOCCOCCOCCOCCOCCOC(=O)CCC(=O)C(=O)O.